The topological polar surface area (TPSA) is 49.8 Å². The molecule has 0 radical (unpaired) electrons. The summed E-state index contributed by atoms with van der Waals surface area (Å²) in [7, 11) is 0. The van der Waals surface area contributed by atoms with Crippen LogP contribution in [-0.2, 0) is 6.18 Å². The molecule has 0 saturated carbocycles. The van der Waals surface area contributed by atoms with Crippen molar-refractivity contribution in [2.75, 3.05) is 10.0 Å². The van der Waals surface area contributed by atoms with Gasteiger partial charge in [0.15, 0.2) is 5.69 Å². The molecule has 9 heteroatoms. The van der Waals surface area contributed by atoms with E-state index in [0.29, 0.717) is 10.7 Å². The van der Waals surface area contributed by atoms with Gasteiger partial charge in [0.05, 0.1) is 11.9 Å². The average Bonchev–Trinajstić information content (AvgIpc) is 2.61. The Labute approximate surface area is 157 Å². The number of hydrogen-bond acceptors (Lipinski definition) is 5. The van der Waals surface area contributed by atoms with E-state index in [1.807, 2.05) is 6.07 Å². The van der Waals surface area contributed by atoms with Gasteiger partial charge < -0.3 is 10.0 Å². The summed E-state index contributed by atoms with van der Waals surface area (Å²) < 4.78 is 42.8. The van der Waals surface area contributed by atoms with Crippen molar-refractivity contribution in [2.45, 2.75) is 11.1 Å². The molecule has 2 aromatic carbocycles. The molecular weight excluding hydrogens is 385 g/mol. The Morgan fingerprint density at radius 2 is 1.77 bits per heavy atom. The zero-order valence-corrected chi connectivity index (χ0v) is 14.7. The van der Waals surface area contributed by atoms with Crippen molar-refractivity contribution in [2.24, 2.45) is 0 Å². The molecule has 0 atom stereocenters. The van der Waals surface area contributed by atoms with E-state index in [1.165, 1.54) is 0 Å². The van der Waals surface area contributed by atoms with Gasteiger partial charge in [0.2, 0.25) is 5.95 Å². The van der Waals surface area contributed by atoms with Gasteiger partial charge in [-0.3, -0.25) is 0 Å². The molecule has 3 aromatic rings. The highest BCUT2D eigenvalue weighted by atomic mass is 35.5. The summed E-state index contributed by atoms with van der Waals surface area (Å²) >= 11 is 6.91. The molecule has 4 nitrogen and oxygen atoms in total. The number of benzene rings is 2. The number of aromatic nitrogens is 2. The lowest BCUT2D eigenvalue weighted by Crippen LogP contribution is -2.13. The first-order valence-corrected chi connectivity index (χ1v) is 8.56. The average molecular weight is 397 g/mol. The van der Waals surface area contributed by atoms with Crippen molar-refractivity contribution in [3.8, 4) is 0 Å². The molecule has 0 aliphatic heterocycles. The molecule has 1 heterocycles. The van der Waals surface area contributed by atoms with Crippen molar-refractivity contribution in [3.63, 3.8) is 0 Å². The molecule has 0 bridgehead atoms. The molecule has 0 aliphatic carbocycles. The molecule has 0 aliphatic rings. The summed E-state index contributed by atoms with van der Waals surface area (Å²) in [5.41, 5.74) is -0.784. The highest BCUT2D eigenvalue weighted by Gasteiger charge is 2.36. The van der Waals surface area contributed by atoms with Gasteiger partial charge in [-0.15, -0.1) is 0 Å². The first-order chi connectivity index (χ1) is 12.4. The molecule has 0 fully saturated rings. The predicted molar refractivity (Wildman–Crippen MR) is 97.7 cm³/mol. The van der Waals surface area contributed by atoms with Gasteiger partial charge in [-0.2, -0.15) is 13.2 Å². The number of nitrogens with zero attached hydrogens (tertiary/aromatic N) is 2. The van der Waals surface area contributed by atoms with Gasteiger partial charge in [0.25, 0.3) is 0 Å². The third-order valence-corrected chi connectivity index (χ3v) is 4.23. The van der Waals surface area contributed by atoms with Crippen LogP contribution in [0.1, 0.15) is 5.69 Å². The maximum Gasteiger partial charge on any atom is 0.435 e. The van der Waals surface area contributed by atoms with E-state index in [1.54, 1.807) is 48.5 Å². The zero-order valence-electron chi connectivity index (χ0n) is 13.1. The van der Waals surface area contributed by atoms with E-state index in [0.717, 1.165) is 23.0 Å². The van der Waals surface area contributed by atoms with Crippen molar-refractivity contribution in [1.82, 2.24) is 9.97 Å². The standard InChI is InChI=1S/C17H12ClF3N4S/c18-11-5-4-6-12(9-11)23-16-22-10-14(15(24-16)17(19,20)21)25-26-13-7-2-1-3-8-13/h1-10,25H,(H,22,23,24). The van der Waals surface area contributed by atoms with Crippen LogP contribution < -0.4 is 10.0 Å². The van der Waals surface area contributed by atoms with Crippen LogP contribution in [-0.4, -0.2) is 9.97 Å². The number of halogens is 4. The maximum absolute atomic E-state index is 13.4. The molecule has 26 heavy (non-hydrogen) atoms. The summed E-state index contributed by atoms with van der Waals surface area (Å²) in [5.74, 6) is -0.171. The summed E-state index contributed by atoms with van der Waals surface area (Å²) in [5, 5.41) is 3.16. The van der Waals surface area contributed by atoms with Crippen LogP contribution in [0.15, 0.2) is 65.7 Å². The van der Waals surface area contributed by atoms with Crippen LogP contribution in [0, 0.1) is 0 Å². The van der Waals surface area contributed by atoms with Crippen LogP contribution in [0.25, 0.3) is 0 Å². The fourth-order valence-electron chi connectivity index (χ4n) is 2.03. The van der Waals surface area contributed by atoms with E-state index in [9.17, 15) is 13.2 Å². The zero-order chi connectivity index (χ0) is 18.6. The Balaban J connectivity index is 1.83. The molecule has 0 amide bonds. The Kier molecular flexibility index (Phi) is 5.53. The van der Waals surface area contributed by atoms with Crippen molar-refractivity contribution >= 4 is 40.9 Å². The molecule has 0 spiro atoms. The third kappa shape index (κ3) is 4.80. The van der Waals surface area contributed by atoms with Gasteiger partial charge in [-0.05, 0) is 42.3 Å². The number of nitrogens with one attached hydrogen (secondary N) is 2. The summed E-state index contributed by atoms with van der Waals surface area (Å²) in [6, 6.07) is 15.5. The van der Waals surface area contributed by atoms with Gasteiger partial charge in [-0.1, -0.05) is 35.9 Å². The van der Waals surface area contributed by atoms with E-state index in [4.69, 9.17) is 11.6 Å². The smallest absolute Gasteiger partial charge is 0.324 e. The molecule has 3 rings (SSSR count). The van der Waals surface area contributed by atoms with E-state index in [2.05, 4.69) is 20.0 Å². The molecule has 0 unspecified atom stereocenters. The van der Waals surface area contributed by atoms with E-state index in [-0.39, 0.29) is 11.6 Å². The highest BCUT2D eigenvalue weighted by molar-refractivity contribution is 8.00. The number of anilines is 3. The van der Waals surface area contributed by atoms with E-state index < -0.39 is 11.9 Å². The number of alkyl halides is 3. The lowest BCUT2D eigenvalue weighted by molar-refractivity contribution is -0.140. The Morgan fingerprint density at radius 1 is 1.00 bits per heavy atom. The Morgan fingerprint density at radius 3 is 2.46 bits per heavy atom. The quantitative estimate of drug-likeness (QED) is 0.517. The predicted octanol–water partition coefficient (Wildman–Crippen LogP) is 6.01. The SMILES string of the molecule is FC(F)(F)c1nc(Nc2cccc(Cl)c2)ncc1NSc1ccccc1. The maximum atomic E-state index is 13.4. The highest BCUT2D eigenvalue weighted by Crippen LogP contribution is 2.35. The van der Waals surface area contributed by atoms with Crippen molar-refractivity contribution in [3.05, 3.63) is 71.5 Å². The van der Waals surface area contributed by atoms with Crippen molar-refractivity contribution in [1.29, 1.82) is 0 Å². The molecule has 1 aromatic heterocycles. The molecule has 134 valence electrons. The Hall–Kier alpha value is -2.45. The third-order valence-electron chi connectivity index (χ3n) is 3.16. The van der Waals surface area contributed by atoms with E-state index >= 15 is 0 Å². The summed E-state index contributed by atoms with van der Waals surface area (Å²) in [6.45, 7) is 0. The minimum Gasteiger partial charge on any atom is -0.324 e. The van der Waals surface area contributed by atoms with Crippen molar-refractivity contribution < 1.29 is 13.2 Å². The van der Waals surface area contributed by atoms with Crippen LogP contribution in [0.5, 0.6) is 0 Å². The first kappa shape index (κ1) is 18.3. The fourth-order valence-corrected chi connectivity index (χ4v) is 2.89. The van der Waals surface area contributed by atoms with Gasteiger partial charge in [0.1, 0.15) is 0 Å². The van der Waals surface area contributed by atoms with Gasteiger partial charge in [0, 0.05) is 15.6 Å². The molecule has 2 N–H and O–H groups in total. The lowest BCUT2D eigenvalue weighted by Gasteiger charge is -2.14. The van der Waals surface area contributed by atoms with Crippen LogP contribution in [0.3, 0.4) is 0 Å². The van der Waals surface area contributed by atoms with Crippen LogP contribution in [0.4, 0.5) is 30.5 Å². The minimum atomic E-state index is -4.63. The first-order valence-electron chi connectivity index (χ1n) is 7.36. The molecule has 0 saturated heterocycles. The second-order valence-electron chi connectivity index (χ2n) is 5.11. The van der Waals surface area contributed by atoms with Crippen LogP contribution in [0.2, 0.25) is 5.02 Å². The largest absolute Gasteiger partial charge is 0.435 e. The minimum absolute atomic E-state index is 0.171. The Bertz CT molecular complexity index is 891. The second kappa shape index (κ2) is 7.84. The number of hydrogen-bond donors (Lipinski definition) is 2. The molecular formula is C17H12ClF3N4S. The number of rotatable bonds is 5. The van der Waals surface area contributed by atoms with Gasteiger partial charge in [-0.25, -0.2) is 9.97 Å². The lowest BCUT2D eigenvalue weighted by atomic mass is 10.3. The fraction of sp³-hybridized carbons (Fsp3) is 0.0588. The summed E-state index contributed by atoms with van der Waals surface area (Å²) in [6.07, 6.45) is -3.54. The normalized spacial score (nSPS) is 11.2. The second-order valence-corrected chi connectivity index (χ2v) is 6.42. The monoisotopic (exact) mass is 396 g/mol. The summed E-state index contributed by atoms with van der Waals surface area (Å²) in [4.78, 5) is 8.33. The van der Waals surface area contributed by atoms with Gasteiger partial charge >= 0.3 is 6.18 Å². The van der Waals surface area contributed by atoms with Crippen LogP contribution >= 0.6 is 23.5 Å².